The largest absolute Gasteiger partial charge is 0.449 e. The summed E-state index contributed by atoms with van der Waals surface area (Å²) in [5.41, 5.74) is 1.19. The Morgan fingerprint density at radius 2 is 2.00 bits per heavy atom. The molecule has 4 nitrogen and oxygen atoms in total. The van der Waals surface area contributed by atoms with Gasteiger partial charge < -0.3 is 14.5 Å². The van der Waals surface area contributed by atoms with Gasteiger partial charge in [0.25, 0.3) is 0 Å². The first-order chi connectivity index (χ1) is 11.1. The van der Waals surface area contributed by atoms with Crippen LogP contribution in [0.3, 0.4) is 0 Å². The van der Waals surface area contributed by atoms with Crippen LogP contribution in [0.4, 0.5) is 4.79 Å². The van der Waals surface area contributed by atoms with Gasteiger partial charge in [0.15, 0.2) is 0 Å². The van der Waals surface area contributed by atoms with Gasteiger partial charge >= 0.3 is 6.09 Å². The fraction of sp³-hybridized carbons (Fsp3) is 0.611. The Labute approximate surface area is 144 Å². The number of amides is 1. The average molecular weight is 339 g/mol. The first kappa shape index (κ1) is 18.1. The van der Waals surface area contributed by atoms with Gasteiger partial charge in [-0.25, -0.2) is 4.79 Å². The van der Waals surface area contributed by atoms with Crippen molar-refractivity contribution in [1.29, 1.82) is 0 Å². The molecule has 0 spiro atoms. The number of nitrogens with zero attached hydrogens (tertiary/aromatic N) is 2. The van der Waals surface area contributed by atoms with E-state index in [-0.39, 0.29) is 6.09 Å². The van der Waals surface area contributed by atoms with Crippen molar-refractivity contribution < 1.29 is 9.53 Å². The lowest BCUT2D eigenvalue weighted by Gasteiger charge is -2.22. The molecule has 1 heterocycles. The highest BCUT2D eigenvalue weighted by Crippen LogP contribution is 2.16. The van der Waals surface area contributed by atoms with Crippen molar-refractivity contribution in [1.82, 2.24) is 9.80 Å². The normalized spacial score (nSPS) is 16.4. The molecule has 23 heavy (non-hydrogen) atoms. The number of halogens is 1. The van der Waals surface area contributed by atoms with Crippen molar-refractivity contribution in [2.45, 2.75) is 26.7 Å². The maximum absolute atomic E-state index is 12.1. The highest BCUT2D eigenvalue weighted by molar-refractivity contribution is 6.31. The molecular formula is C18H27ClN2O2. The van der Waals surface area contributed by atoms with Crippen molar-refractivity contribution in [3.63, 3.8) is 0 Å². The first-order valence-corrected chi connectivity index (χ1v) is 8.81. The zero-order valence-electron chi connectivity index (χ0n) is 14.1. The summed E-state index contributed by atoms with van der Waals surface area (Å²) in [6, 6.07) is 8.00. The lowest BCUT2D eigenvalue weighted by molar-refractivity contribution is 0.0931. The molecule has 1 amide bonds. The van der Waals surface area contributed by atoms with Crippen LogP contribution in [0.2, 0.25) is 5.02 Å². The van der Waals surface area contributed by atoms with E-state index in [1.807, 2.05) is 36.9 Å². The second-order valence-electron chi connectivity index (χ2n) is 6.49. The average Bonchev–Trinajstić information content (AvgIpc) is 2.77. The lowest BCUT2D eigenvalue weighted by atomic mass is 10.1. The summed E-state index contributed by atoms with van der Waals surface area (Å²) in [4.78, 5) is 16.3. The number of carbonyl (C=O) groups is 1. The molecular weight excluding hydrogens is 312 g/mol. The molecule has 128 valence electrons. The molecule has 0 unspecified atom stereocenters. The zero-order chi connectivity index (χ0) is 16.7. The molecule has 1 aliphatic rings. The summed E-state index contributed by atoms with van der Waals surface area (Å²) >= 11 is 6.21. The SMILES string of the molecule is CC(C)COC(=O)N1CCCN(CCc2ccccc2Cl)CC1. The van der Waals surface area contributed by atoms with Gasteiger partial charge in [0.2, 0.25) is 0 Å². The van der Waals surface area contributed by atoms with Gasteiger partial charge in [-0.1, -0.05) is 43.6 Å². The number of carbonyl (C=O) groups excluding carboxylic acids is 1. The highest BCUT2D eigenvalue weighted by Gasteiger charge is 2.20. The summed E-state index contributed by atoms with van der Waals surface area (Å²) in [5.74, 6) is 0.373. The third-order valence-corrected chi connectivity index (χ3v) is 4.41. The highest BCUT2D eigenvalue weighted by atomic mass is 35.5. The van der Waals surface area contributed by atoms with Gasteiger partial charge in [0.1, 0.15) is 0 Å². The molecule has 0 radical (unpaired) electrons. The van der Waals surface area contributed by atoms with Crippen molar-refractivity contribution >= 4 is 17.7 Å². The summed E-state index contributed by atoms with van der Waals surface area (Å²) in [7, 11) is 0. The van der Waals surface area contributed by atoms with Gasteiger partial charge in [-0.15, -0.1) is 0 Å². The summed E-state index contributed by atoms with van der Waals surface area (Å²) in [5, 5.41) is 0.834. The van der Waals surface area contributed by atoms with E-state index < -0.39 is 0 Å². The molecule has 0 bridgehead atoms. The Hall–Kier alpha value is -1.26. The van der Waals surface area contributed by atoms with E-state index in [1.165, 1.54) is 5.56 Å². The minimum Gasteiger partial charge on any atom is -0.449 e. The number of benzene rings is 1. The van der Waals surface area contributed by atoms with Crippen LogP contribution < -0.4 is 0 Å². The predicted octanol–water partition coefficient (Wildman–Crippen LogP) is 3.68. The lowest BCUT2D eigenvalue weighted by Crippen LogP contribution is -2.36. The molecule has 0 aliphatic carbocycles. The van der Waals surface area contributed by atoms with Crippen molar-refractivity contribution in [3.05, 3.63) is 34.9 Å². The molecule has 1 saturated heterocycles. The molecule has 1 aromatic carbocycles. The number of rotatable bonds is 5. The standard InChI is InChI=1S/C18H27ClN2O2/c1-15(2)14-23-18(22)21-10-5-9-20(12-13-21)11-8-16-6-3-4-7-17(16)19/h3-4,6-7,15H,5,8-14H2,1-2H3. The van der Waals surface area contributed by atoms with Gasteiger partial charge in [-0.05, 0) is 36.9 Å². The molecule has 2 rings (SSSR count). The predicted molar refractivity (Wildman–Crippen MR) is 94.0 cm³/mol. The third kappa shape index (κ3) is 6.04. The molecule has 0 atom stereocenters. The van der Waals surface area contributed by atoms with Crippen LogP contribution in [0.1, 0.15) is 25.8 Å². The van der Waals surface area contributed by atoms with Crippen LogP contribution >= 0.6 is 11.6 Å². The summed E-state index contributed by atoms with van der Waals surface area (Å²) in [6.45, 7) is 8.97. The minimum atomic E-state index is -0.174. The van der Waals surface area contributed by atoms with Gasteiger partial charge in [0.05, 0.1) is 6.61 Å². The molecule has 1 aromatic rings. The number of ether oxygens (including phenoxy) is 1. The van der Waals surface area contributed by atoms with E-state index in [9.17, 15) is 4.79 Å². The number of hydrogen-bond acceptors (Lipinski definition) is 3. The van der Waals surface area contributed by atoms with E-state index in [0.717, 1.165) is 50.6 Å². The van der Waals surface area contributed by atoms with Crippen molar-refractivity contribution in [2.75, 3.05) is 39.3 Å². The quantitative estimate of drug-likeness (QED) is 0.821. The molecule has 0 saturated carbocycles. The fourth-order valence-corrected chi connectivity index (χ4v) is 2.92. The molecule has 1 aliphatic heterocycles. The van der Waals surface area contributed by atoms with Crippen LogP contribution in [0.15, 0.2) is 24.3 Å². The fourth-order valence-electron chi connectivity index (χ4n) is 2.69. The Morgan fingerprint density at radius 1 is 1.22 bits per heavy atom. The van der Waals surface area contributed by atoms with Crippen LogP contribution in [0.5, 0.6) is 0 Å². The Kier molecular flexibility index (Phi) is 7.18. The van der Waals surface area contributed by atoms with Gasteiger partial charge in [-0.2, -0.15) is 0 Å². The maximum Gasteiger partial charge on any atom is 0.409 e. The molecule has 0 aromatic heterocycles. The third-order valence-electron chi connectivity index (χ3n) is 4.04. The number of hydrogen-bond donors (Lipinski definition) is 0. The van der Waals surface area contributed by atoms with E-state index in [4.69, 9.17) is 16.3 Å². The maximum atomic E-state index is 12.1. The second kappa shape index (κ2) is 9.14. The summed E-state index contributed by atoms with van der Waals surface area (Å²) < 4.78 is 5.33. The van der Waals surface area contributed by atoms with E-state index in [2.05, 4.69) is 11.0 Å². The van der Waals surface area contributed by atoms with Crippen LogP contribution in [-0.2, 0) is 11.2 Å². The van der Waals surface area contributed by atoms with Gasteiger partial charge in [-0.3, -0.25) is 0 Å². The first-order valence-electron chi connectivity index (χ1n) is 8.43. The summed E-state index contributed by atoms with van der Waals surface area (Å²) in [6.07, 6.45) is 1.75. The van der Waals surface area contributed by atoms with Crippen molar-refractivity contribution in [3.8, 4) is 0 Å². The van der Waals surface area contributed by atoms with Crippen LogP contribution in [-0.4, -0.2) is 55.2 Å². The van der Waals surface area contributed by atoms with Crippen molar-refractivity contribution in [2.24, 2.45) is 5.92 Å². The molecule has 1 fully saturated rings. The minimum absolute atomic E-state index is 0.174. The van der Waals surface area contributed by atoms with Crippen LogP contribution in [0, 0.1) is 5.92 Å². The monoisotopic (exact) mass is 338 g/mol. The van der Waals surface area contributed by atoms with Crippen LogP contribution in [0.25, 0.3) is 0 Å². The molecule has 0 N–H and O–H groups in total. The van der Waals surface area contributed by atoms with Gasteiger partial charge in [0, 0.05) is 31.2 Å². The topological polar surface area (TPSA) is 32.8 Å². The molecule has 5 heteroatoms. The zero-order valence-corrected chi connectivity index (χ0v) is 14.9. The van der Waals surface area contributed by atoms with E-state index >= 15 is 0 Å². The second-order valence-corrected chi connectivity index (χ2v) is 6.90. The van der Waals surface area contributed by atoms with E-state index in [0.29, 0.717) is 12.5 Å². The Balaban J connectivity index is 1.77. The van der Waals surface area contributed by atoms with E-state index in [1.54, 1.807) is 0 Å². The Morgan fingerprint density at radius 3 is 2.74 bits per heavy atom. The Bertz CT molecular complexity index is 508. The smallest absolute Gasteiger partial charge is 0.409 e.